The molecule has 0 spiro atoms. The second kappa shape index (κ2) is 9.51. The van der Waals surface area contributed by atoms with E-state index in [1.54, 1.807) is 6.20 Å². The van der Waals surface area contributed by atoms with E-state index in [9.17, 15) is 4.79 Å². The van der Waals surface area contributed by atoms with Gasteiger partial charge in [0.1, 0.15) is 0 Å². The summed E-state index contributed by atoms with van der Waals surface area (Å²) in [6, 6.07) is 15.9. The Labute approximate surface area is 168 Å². The molecule has 0 unspecified atom stereocenters. The van der Waals surface area contributed by atoms with E-state index >= 15 is 0 Å². The van der Waals surface area contributed by atoms with Crippen molar-refractivity contribution < 1.29 is 9.21 Å². The van der Waals surface area contributed by atoms with Gasteiger partial charge in [-0.05, 0) is 42.7 Å². The molecule has 0 atom stereocenters. The van der Waals surface area contributed by atoms with E-state index < -0.39 is 0 Å². The van der Waals surface area contributed by atoms with Crippen LogP contribution in [0.25, 0.3) is 11.3 Å². The number of unbranched alkanes of at least 4 members (excludes halogenated alkanes) is 1. The highest BCUT2D eigenvalue weighted by molar-refractivity contribution is 9.10. The van der Waals surface area contributed by atoms with Crippen molar-refractivity contribution in [1.82, 2.24) is 4.98 Å². The molecular weight excluding hydrogens is 404 g/mol. The number of nitrogens with one attached hydrogen (secondary N) is 1. The zero-order chi connectivity index (χ0) is 19.1. The number of anilines is 1. The van der Waals surface area contributed by atoms with Gasteiger partial charge in [-0.2, -0.15) is 0 Å². The summed E-state index contributed by atoms with van der Waals surface area (Å²) in [6.45, 7) is 2.18. The molecule has 27 heavy (non-hydrogen) atoms. The van der Waals surface area contributed by atoms with E-state index in [0.717, 1.165) is 22.1 Å². The summed E-state index contributed by atoms with van der Waals surface area (Å²) in [5, 5.41) is 2.93. The van der Waals surface area contributed by atoms with Crippen LogP contribution in [0.1, 0.15) is 37.6 Å². The lowest BCUT2D eigenvalue weighted by Gasteiger charge is -2.06. The normalized spacial score (nSPS) is 10.7. The molecule has 3 rings (SSSR count). The van der Waals surface area contributed by atoms with Crippen LogP contribution in [0.3, 0.4) is 0 Å². The first-order chi connectivity index (χ1) is 13.1. The van der Waals surface area contributed by atoms with Crippen molar-refractivity contribution in [3.05, 3.63) is 70.7 Å². The summed E-state index contributed by atoms with van der Waals surface area (Å²) >= 11 is 3.45. The van der Waals surface area contributed by atoms with Gasteiger partial charge in [-0.1, -0.05) is 53.5 Å². The quantitative estimate of drug-likeness (QED) is 0.479. The van der Waals surface area contributed by atoms with Crippen LogP contribution in [0.4, 0.5) is 5.69 Å². The predicted molar refractivity (Wildman–Crippen MR) is 112 cm³/mol. The third kappa shape index (κ3) is 5.79. The molecule has 1 aromatic heterocycles. The minimum atomic E-state index is -0.0430. The van der Waals surface area contributed by atoms with Crippen LogP contribution in [0.15, 0.2) is 63.6 Å². The van der Waals surface area contributed by atoms with Gasteiger partial charge in [0.2, 0.25) is 5.91 Å². The number of aryl methyl sites for hydroxylation is 2. The average Bonchev–Trinajstić information content (AvgIpc) is 3.15. The van der Waals surface area contributed by atoms with Gasteiger partial charge < -0.3 is 9.73 Å². The second-order valence-corrected chi connectivity index (χ2v) is 7.39. The Morgan fingerprint density at radius 3 is 2.70 bits per heavy atom. The molecule has 0 saturated carbocycles. The van der Waals surface area contributed by atoms with E-state index in [-0.39, 0.29) is 5.91 Å². The van der Waals surface area contributed by atoms with Crippen molar-refractivity contribution in [1.29, 1.82) is 0 Å². The lowest BCUT2D eigenvalue weighted by molar-refractivity contribution is -0.116. The molecule has 0 fully saturated rings. The Balaban J connectivity index is 1.51. The molecule has 0 radical (unpaired) electrons. The van der Waals surface area contributed by atoms with Gasteiger partial charge in [0.05, 0.1) is 6.20 Å². The minimum Gasteiger partial charge on any atom is -0.441 e. The first kappa shape index (κ1) is 19.4. The van der Waals surface area contributed by atoms with Gasteiger partial charge in [0.15, 0.2) is 11.7 Å². The number of oxazole rings is 1. The molecule has 0 saturated heterocycles. The molecule has 1 amide bonds. The molecule has 0 aliphatic carbocycles. The van der Waals surface area contributed by atoms with Gasteiger partial charge in [-0.15, -0.1) is 0 Å². The molecule has 1 heterocycles. The summed E-state index contributed by atoms with van der Waals surface area (Å²) in [6.07, 6.45) is 5.94. The molecule has 140 valence electrons. The fourth-order valence-electron chi connectivity index (χ4n) is 2.78. The highest BCUT2D eigenvalue weighted by atomic mass is 79.9. The average molecular weight is 427 g/mol. The number of carbonyl (C=O) groups is 1. The van der Waals surface area contributed by atoms with Crippen molar-refractivity contribution in [2.75, 3.05) is 5.32 Å². The zero-order valence-corrected chi connectivity index (χ0v) is 17.0. The number of hydrogen-bond donors (Lipinski definition) is 1. The fraction of sp³-hybridized carbons (Fsp3) is 0.273. The van der Waals surface area contributed by atoms with E-state index in [0.29, 0.717) is 24.5 Å². The zero-order valence-electron chi connectivity index (χ0n) is 15.4. The number of nitrogens with zero attached hydrogens (tertiary/aromatic N) is 1. The third-order valence-corrected chi connectivity index (χ3v) is 4.78. The molecule has 5 heteroatoms. The second-order valence-electron chi connectivity index (χ2n) is 6.48. The summed E-state index contributed by atoms with van der Waals surface area (Å²) < 4.78 is 6.75. The molecule has 0 bridgehead atoms. The monoisotopic (exact) mass is 426 g/mol. The predicted octanol–water partition coefficient (Wildman–Crippen LogP) is 6.02. The molecule has 0 aliphatic heterocycles. The van der Waals surface area contributed by atoms with E-state index in [1.807, 2.05) is 36.4 Å². The summed E-state index contributed by atoms with van der Waals surface area (Å²) in [4.78, 5) is 16.5. The standard InChI is InChI=1S/C22H23BrN2O2/c1-2-3-5-16-8-10-19(11-9-16)25-21(26)12-13-22-24-15-20(27-22)17-6-4-7-18(23)14-17/h4,6-11,14-15H,2-3,5,12-13H2,1H3,(H,25,26). The van der Waals surface area contributed by atoms with Gasteiger partial charge >= 0.3 is 0 Å². The van der Waals surface area contributed by atoms with Gasteiger partial charge in [-0.3, -0.25) is 4.79 Å². The molecule has 3 aromatic rings. The Hall–Kier alpha value is -2.40. The maximum absolute atomic E-state index is 12.2. The summed E-state index contributed by atoms with van der Waals surface area (Å²) in [5.74, 6) is 1.22. The van der Waals surface area contributed by atoms with Gasteiger partial charge in [0.25, 0.3) is 0 Å². The number of halogens is 1. The van der Waals surface area contributed by atoms with Crippen molar-refractivity contribution in [2.24, 2.45) is 0 Å². The van der Waals surface area contributed by atoms with Gasteiger partial charge in [-0.25, -0.2) is 4.98 Å². The van der Waals surface area contributed by atoms with Gasteiger partial charge in [0, 0.05) is 28.6 Å². The van der Waals surface area contributed by atoms with Crippen LogP contribution in [0, 0.1) is 0 Å². The number of aromatic nitrogens is 1. The maximum atomic E-state index is 12.2. The third-order valence-electron chi connectivity index (χ3n) is 4.29. The lowest BCUT2D eigenvalue weighted by atomic mass is 10.1. The van der Waals surface area contributed by atoms with Crippen LogP contribution in [0.5, 0.6) is 0 Å². The SMILES string of the molecule is CCCCc1ccc(NC(=O)CCc2ncc(-c3cccc(Br)c3)o2)cc1. The Morgan fingerprint density at radius 1 is 1.15 bits per heavy atom. The van der Waals surface area contributed by atoms with Crippen LogP contribution in [-0.2, 0) is 17.6 Å². The summed E-state index contributed by atoms with van der Waals surface area (Å²) in [5.41, 5.74) is 3.08. The summed E-state index contributed by atoms with van der Waals surface area (Å²) in [7, 11) is 0. The number of rotatable bonds is 8. The van der Waals surface area contributed by atoms with E-state index in [2.05, 4.69) is 45.3 Å². The topological polar surface area (TPSA) is 55.1 Å². The number of hydrogen-bond acceptors (Lipinski definition) is 3. The molecule has 1 N–H and O–H groups in total. The van der Waals surface area contributed by atoms with E-state index in [4.69, 9.17) is 4.42 Å². The minimum absolute atomic E-state index is 0.0430. The maximum Gasteiger partial charge on any atom is 0.224 e. The molecule has 4 nitrogen and oxygen atoms in total. The number of amides is 1. The smallest absolute Gasteiger partial charge is 0.224 e. The van der Waals surface area contributed by atoms with Crippen molar-refractivity contribution in [2.45, 2.75) is 39.0 Å². The number of carbonyl (C=O) groups excluding carboxylic acids is 1. The van der Waals surface area contributed by atoms with Crippen molar-refractivity contribution in [3.8, 4) is 11.3 Å². The first-order valence-electron chi connectivity index (χ1n) is 9.23. The van der Waals surface area contributed by atoms with Crippen molar-refractivity contribution in [3.63, 3.8) is 0 Å². The Kier molecular flexibility index (Phi) is 6.82. The van der Waals surface area contributed by atoms with Crippen LogP contribution in [0.2, 0.25) is 0 Å². The molecule has 2 aromatic carbocycles. The molecule has 0 aliphatic rings. The highest BCUT2D eigenvalue weighted by Crippen LogP contribution is 2.24. The van der Waals surface area contributed by atoms with E-state index in [1.165, 1.54) is 18.4 Å². The van der Waals surface area contributed by atoms with Crippen LogP contribution in [-0.4, -0.2) is 10.9 Å². The fourth-order valence-corrected chi connectivity index (χ4v) is 3.18. The largest absolute Gasteiger partial charge is 0.441 e. The highest BCUT2D eigenvalue weighted by Gasteiger charge is 2.09. The van der Waals surface area contributed by atoms with Crippen LogP contribution < -0.4 is 5.32 Å². The van der Waals surface area contributed by atoms with Crippen LogP contribution >= 0.6 is 15.9 Å². The molecular formula is C22H23BrN2O2. The Bertz CT molecular complexity index is 887. The Morgan fingerprint density at radius 2 is 1.96 bits per heavy atom. The lowest BCUT2D eigenvalue weighted by Crippen LogP contribution is -2.12. The first-order valence-corrected chi connectivity index (χ1v) is 10.0. The number of benzene rings is 2. The van der Waals surface area contributed by atoms with Crippen molar-refractivity contribution >= 4 is 27.5 Å².